The molecular formula is C10H21N3O. The largest absolute Gasteiger partial charge is 0.351 e. The number of nitrogens with zero attached hydrogens (tertiary/aromatic N) is 1. The van der Waals surface area contributed by atoms with E-state index in [1.807, 2.05) is 6.92 Å². The van der Waals surface area contributed by atoms with Crippen molar-refractivity contribution in [1.29, 1.82) is 0 Å². The summed E-state index contributed by atoms with van der Waals surface area (Å²) in [6, 6.07) is -0.206. The molecule has 1 heterocycles. The van der Waals surface area contributed by atoms with Crippen molar-refractivity contribution in [1.82, 2.24) is 10.2 Å². The first-order valence-corrected chi connectivity index (χ1v) is 5.38. The second kappa shape index (κ2) is 5.32. The fourth-order valence-electron chi connectivity index (χ4n) is 1.77. The first-order chi connectivity index (χ1) is 6.59. The summed E-state index contributed by atoms with van der Waals surface area (Å²) in [6.07, 6.45) is 2.57. The highest BCUT2D eigenvalue weighted by atomic mass is 16.2. The van der Waals surface area contributed by atoms with Crippen molar-refractivity contribution in [2.75, 3.05) is 19.6 Å². The molecule has 0 bridgehead atoms. The molecule has 0 aromatic carbocycles. The number of nitrogens with one attached hydrogen (secondary N) is 1. The number of carbonyl (C=O) groups excluding carboxylic acids is 1. The molecule has 1 aliphatic heterocycles. The molecule has 14 heavy (non-hydrogen) atoms. The topological polar surface area (TPSA) is 58.4 Å². The fourth-order valence-corrected chi connectivity index (χ4v) is 1.77. The SMILES string of the molecule is CC(CN1CCCC1)NC(=O)C(C)N. The lowest BCUT2D eigenvalue weighted by Gasteiger charge is -2.21. The zero-order valence-corrected chi connectivity index (χ0v) is 9.12. The third-order valence-electron chi connectivity index (χ3n) is 2.53. The van der Waals surface area contributed by atoms with Crippen LogP contribution < -0.4 is 11.1 Å². The molecule has 0 aliphatic carbocycles. The van der Waals surface area contributed by atoms with Gasteiger partial charge in [-0.15, -0.1) is 0 Å². The molecule has 0 aromatic heterocycles. The van der Waals surface area contributed by atoms with Gasteiger partial charge < -0.3 is 16.0 Å². The van der Waals surface area contributed by atoms with Crippen molar-refractivity contribution in [2.24, 2.45) is 5.73 Å². The van der Waals surface area contributed by atoms with E-state index in [9.17, 15) is 4.79 Å². The Balaban J connectivity index is 2.20. The van der Waals surface area contributed by atoms with E-state index < -0.39 is 6.04 Å². The predicted octanol–water partition coefficient (Wildman–Crippen LogP) is -0.0659. The van der Waals surface area contributed by atoms with E-state index in [0.29, 0.717) is 0 Å². The summed E-state index contributed by atoms with van der Waals surface area (Å²) < 4.78 is 0. The van der Waals surface area contributed by atoms with E-state index in [2.05, 4.69) is 10.2 Å². The highest BCUT2D eigenvalue weighted by Crippen LogP contribution is 2.07. The van der Waals surface area contributed by atoms with Crippen molar-refractivity contribution in [2.45, 2.75) is 38.8 Å². The summed E-state index contributed by atoms with van der Waals surface area (Å²) in [5.74, 6) is -0.0586. The molecule has 0 saturated carbocycles. The lowest BCUT2D eigenvalue weighted by molar-refractivity contribution is -0.122. The van der Waals surface area contributed by atoms with Crippen LogP contribution in [0.15, 0.2) is 0 Å². The van der Waals surface area contributed by atoms with E-state index >= 15 is 0 Å². The average Bonchev–Trinajstić information content (AvgIpc) is 2.56. The summed E-state index contributed by atoms with van der Waals surface area (Å²) >= 11 is 0. The van der Waals surface area contributed by atoms with E-state index in [1.165, 1.54) is 25.9 Å². The van der Waals surface area contributed by atoms with Gasteiger partial charge >= 0.3 is 0 Å². The van der Waals surface area contributed by atoms with E-state index in [4.69, 9.17) is 5.73 Å². The van der Waals surface area contributed by atoms with Crippen molar-refractivity contribution < 1.29 is 4.79 Å². The number of carbonyl (C=O) groups is 1. The maximum atomic E-state index is 11.3. The van der Waals surface area contributed by atoms with Crippen molar-refractivity contribution in [3.8, 4) is 0 Å². The Morgan fingerprint density at radius 1 is 1.43 bits per heavy atom. The van der Waals surface area contributed by atoms with Crippen molar-refractivity contribution in [3.05, 3.63) is 0 Å². The van der Waals surface area contributed by atoms with Gasteiger partial charge in [0.25, 0.3) is 0 Å². The molecule has 3 N–H and O–H groups in total. The van der Waals surface area contributed by atoms with Crippen LogP contribution in [0.25, 0.3) is 0 Å². The van der Waals surface area contributed by atoms with E-state index in [1.54, 1.807) is 6.92 Å². The van der Waals surface area contributed by atoms with Gasteiger partial charge in [-0.1, -0.05) is 0 Å². The van der Waals surface area contributed by atoms with Crippen LogP contribution in [0.1, 0.15) is 26.7 Å². The van der Waals surface area contributed by atoms with Crippen LogP contribution in [0, 0.1) is 0 Å². The molecule has 1 rings (SSSR count). The minimum absolute atomic E-state index is 0.0586. The Bertz CT molecular complexity index is 188. The van der Waals surface area contributed by atoms with Crippen LogP contribution in [0.5, 0.6) is 0 Å². The second-order valence-electron chi connectivity index (χ2n) is 4.21. The number of rotatable bonds is 4. The van der Waals surface area contributed by atoms with Gasteiger partial charge in [0.2, 0.25) is 5.91 Å². The van der Waals surface area contributed by atoms with Gasteiger partial charge in [-0.25, -0.2) is 0 Å². The van der Waals surface area contributed by atoms with Gasteiger partial charge in [0, 0.05) is 12.6 Å². The molecule has 82 valence electrons. The van der Waals surface area contributed by atoms with Crippen LogP contribution in [0.3, 0.4) is 0 Å². The first-order valence-electron chi connectivity index (χ1n) is 5.38. The summed E-state index contributed by atoms with van der Waals surface area (Å²) in [5, 5.41) is 2.90. The molecule has 0 radical (unpaired) electrons. The van der Waals surface area contributed by atoms with Gasteiger partial charge in [-0.05, 0) is 39.8 Å². The monoisotopic (exact) mass is 199 g/mol. The van der Waals surface area contributed by atoms with Crippen LogP contribution in [0.4, 0.5) is 0 Å². The lowest BCUT2D eigenvalue weighted by atomic mass is 10.2. The molecule has 2 atom stereocenters. The van der Waals surface area contributed by atoms with Gasteiger partial charge in [0.15, 0.2) is 0 Å². The maximum Gasteiger partial charge on any atom is 0.236 e. The summed E-state index contributed by atoms with van der Waals surface area (Å²) in [4.78, 5) is 13.7. The Hall–Kier alpha value is -0.610. The number of nitrogens with two attached hydrogens (primary N) is 1. The molecule has 4 heteroatoms. The molecule has 1 amide bonds. The highest BCUT2D eigenvalue weighted by Gasteiger charge is 2.16. The third-order valence-corrected chi connectivity index (χ3v) is 2.53. The summed E-state index contributed by atoms with van der Waals surface area (Å²) in [7, 11) is 0. The van der Waals surface area contributed by atoms with Gasteiger partial charge in [0.1, 0.15) is 0 Å². The minimum atomic E-state index is -0.406. The maximum absolute atomic E-state index is 11.3. The predicted molar refractivity (Wildman–Crippen MR) is 56.9 cm³/mol. The van der Waals surface area contributed by atoms with Crippen LogP contribution in [0.2, 0.25) is 0 Å². The standard InChI is InChI=1S/C10H21N3O/c1-8(12-10(14)9(2)11)7-13-5-3-4-6-13/h8-9H,3-7,11H2,1-2H3,(H,12,14). The van der Waals surface area contributed by atoms with Crippen molar-refractivity contribution in [3.63, 3.8) is 0 Å². The third kappa shape index (κ3) is 3.64. The molecule has 4 nitrogen and oxygen atoms in total. The average molecular weight is 199 g/mol. The Labute approximate surface area is 85.8 Å². The normalized spacial score (nSPS) is 21.9. The number of amides is 1. The second-order valence-corrected chi connectivity index (χ2v) is 4.21. The van der Waals surface area contributed by atoms with Gasteiger partial charge in [0.05, 0.1) is 6.04 Å². The summed E-state index contributed by atoms with van der Waals surface area (Å²) in [5.41, 5.74) is 5.47. The fraction of sp³-hybridized carbons (Fsp3) is 0.900. The van der Waals surface area contributed by atoms with E-state index in [0.717, 1.165) is 6.54 Å². The molecule has 0 aromatic rings. The zero-order chi connectivity index (χ0) is 10.6. The Morgan fingerprint density at radius 2 is 2.00 bits per heavy atom. The zero-order valence-electron chi connectivity index (χ0n) is 9.12. The molecule has 1 fully saturated rings. The molecule has 0 spiro atoms. The molecule has 1 aliphatic rings. The lowest BCUT2D eigenvalue weighted by Crippen LogP contribution is -2.46. The smallest absolute Gasteiger partial charge is 0.236 e. The van der Waals surface area contributed by atoms with Gasteiger partial charge in [-0.2, -0.15) is 0 Å². The Morgan fingerprint density at radius 3 is 2.50 bits per heavy atom. The van der Waals surface area contributed by atoms with Crippen molar-refractivity contribution >= 4 is 5.91 Å². The first kappa shape index (κ1) is 11.5. The number of likely N-dealkylation sites (tertiary alicyclic amines) is 1. The van der Waals surface area contributed by atoms with Gasteiger partial charge in [-0.3, -0.25) is 4.79 Å². The molecule has 2 unspecified atom stereocenters. The van der Waals surface area contributed by atoms with Crippen LogP contribution >= 0.6 is 0 Å². The van der Waals surface area contributed by atoms with Crippen LogP contribution in [-0.4, -0.2) is 42.5 Å². The quantitative estimate of drug-likeness (QED) is 0.666. The highest BCUT2D eigenvalue weighted by molar-refractivity contribution is 5.81. The Kier molecular flexibility index (Phi) is 4.35. The van der Waals surface area contributed by atoms with E-state index in [-0.39, 0.29) is 11.9 Å². The number of hydrogen-bond donors (Lipinski definition) is 2. The molecular weight excluding hydrogens is 178 g/mol. The number of hydrogen-bond acceptors (Lipinski definition) is 3. The minimum Gasteiger partial charge on any atom is -0.351 e. The molecule has 1 saturated heterocycles. The van der Waals surface area contributed by atoms with Crippen LogP contribution in [-0.2, 0) is 4.79 Å². The summed E-state index contributed by atoms with van der Waals surface area (Å²) in [6.45, 7) is 7.01.